The molecule has 0 saturated carbocycles. The molecule has 1 saturated heterocycles. The number of sulfone groups is 1. The molecular formula is C12H23NO5S. The fraction of sp³-hybridized carbons (Fsp3) is 0.917. The molecule has 0 radical (unpaired) electrons. The fourth-order valence-electron chi connectivity index (χ4n) is 1.86. The Morgan fingerprint density at radius 1 is 1.42 bits per heavy atom. The molecule has 1 heterocycles. The molecule has 19 heavy (non-hydrogen) atoms. The van der Waals surface area contributed by atoms with E-state index < -0.39 is 20.6 Å². The second-order valence-electron chi connectivity index (χ2n) is 5.82. The zero-order valence-corrected chi connectivity index (χ0v) is 12.6. The number of ether oxygens (including phenoxy) is 1. The van der Waals surface area contributed by atoms with Crippen molar-refractivity contribution in [1.82, 2.24) is 4.90 Å². The predicted molar refractivity (Wildman–Crippen MR) is 72.0 cm³/mol. The normalized spacial score (nSPS) is 22.4. The molecule has 1 aliphatic heterocycles. The number of aliphatic carboxylic acids is 1. The van der Waals surface area contributed by atoms with Gasteiger partial charge in [0, 0.05) is 19.6 Å². The maximum atomic E-state index is 12.0. The maximum absolute atomic E-state index is 12.0. The third kappa shape index (κ3) is 5.08. The van der Waals surface area contributed by atoms with Crippen LogP contribution in [0.15, 0.2) is 0 Å². The first-order valence-corrected chi connectivity index (χ1v) is 8.05. The molecule has 1 unspecified atom stereocenters. The Labute approximate surface area is 114 Å². The van der Waals surface area contributed by atoms with Gasteiger partial charge in [-0.25, -0.2) is 8.42 Å². The highest BCUT2D eigenvalue weighted by Crippen LogP contribution is 2.17. The van der Waals surface area contributed by atoms with Gasteiger partial charge in [0.1, 0.15) is 0 Å². The van der Waals surface area contributed by atoms with E-state index in [-0.39, 0.29) is 18.3 Å². The molecule has 0 aromatic carbocycles. The first kappa shape index (κ1) is 16.4. The van der Waals surface area contributed by atoms with Crippen molar-refractivity contribution in [3.8, 4) is 0 Å². The van der Waals surface area contributed by atoms with Crippen molar-refractivity contribution < 1.29 is 23.1 Å². The molecule has 1 aliphatic rings. The van der Waals surface area contributed by atoms with Gasteiger partial charge in [0.2, 0.25) is 0 Å². The molecule has 0 aliphatic carbocycles. The van der Waals surface area contributed by atoms with Crippen LogP contribution in [0.25, 0.3) is 0 Å². The van der Waals surface area contributed by atoms with Crippen LogP contribution in [0.4, 0.5) is 0 Å². The lowest BCUT2D eigenvalue weighted by Gasteiger charge is -2.32. The number of carboxylic acids is 1. The molecule has 112 valence electrons. The molecular weight excluding hydrogens is 270 g/mol. The second kappa shape index (κ2) is 6.19. The lowest BCUT2D eigenvalue weighted by molar-refractivity contribution is -0.142. The number of nitrogens with zero attached hydrogens (tertiary/aromatic N) is 1. The van der Waals surface area contributed by atoms with Gasteiger partial charge in [0.15, 0.2) is 9.84 Å². The minimum Gasteiger partial charge on any atom is -0.481 e. The highest BCUT2D eigenvalue weighted by molar-refractivity contribution is 7.92. The van der Waals surface area contributed by atoms with Crippen molar-refractivity contribution in [2.45, 2.75) is 38.0 Å². The average Bonchev–Trinajstić information content (AvgIpc) is 2.24. The average molecular weight is 293 g/mol. The quantitative estimate of drug-likeness (QED) is 0.788. The summed E-state index contributed by atoms with van der Waals surface area (Å²) < 4.78 is 28.6. The van der Waals surface area contributed by atoms with Crippen LogP contribution in [0, 0.1) is 0 Å². The molecule has 7 heteroatoms. The van der Waals surface area contributed by atoms with Crippen molar-refractivity contribution in [3.05, 3.63) is 0 Å². The number of hydrogen-bond acceptors (Lipinski definition) is 5. The molecule has 1 rings (SSSR count). The van der Waals surface area contributed by atoms with Gasteiger partial charge in [-0.05, 0) is 20.8 Å². The number of morpholine rings is 1. The van der Waals surface area contributed by atoms with E-state index in [1.165, 1.54) is 0 Å². The summed E-state index contributed by atoms with van der Waals surface area (Å²) in [5.74, 6) is -0.801. The van der Waals surface area contributed by atoms with Gasteiger partial charge in [0.25, 0.3) is 0 Å². The largest absolute Gasteiger partial charge is 0.481 e. The van der Waals surface area contributed by atoms with Crippen LogP contribution < -0.4 is 0 Å². The molecule has 0 amide bonds. The third-order valence-corrected chi connectivity index (χ3v) is 5.82. The Morgan fingerprint density at radius 3 is 2.58 bits per heavy atom. The summed E-state index contributed by atoms with van der Waals surface area (Å²) in [7, 11) is -3.14. The standard InChI is InChI=1S/C12H23NO5S/c1-12(2,3)19(16,17)7-5-13-4-6-18-10(9-13)8-11(14)15/h10H,4-9H2,1-3H3,(H,14,15). The SMILES string of the molecule is CC(C)(C)S(=O)(=O)CCN1CCOC(CC(=O)O)C1. The van der Waals surface area contributed by atoms with Crippen LogP contribution in [0.2, 0.25) is 0 Å². The van der Waals surface area contributed by atoms with E-state index in [0.717, 1.165) is 0 Å². The van der Waals surface area contributed by atoms with Crippen molar-refractivity contribution in [1.29, 1.82) is 0 Å². The first-order valence-electron chi connectivity index (χ1n) is 6.40. The summed E-state index contributed by atoms with van der Waals surface area (Å²) in [6.45, 7) is 7.08. The van der Waals surface area contributed by atoms with Crippen molar-refractivity contribution in [2.24, 2.45) is 0 Å². The van der Waals surface area contributed by atoms with E-state index in [0.29, 0.717) is 26.2 Å². The van der Waals surface area contributed by atoms with Gasteiger partial charge in [-0.15, -0.1) is 0 Å². The maximum Gasteiger partial charge on any atom is 0.306 e. The fourth-order valence-corrected chi connectivity index (χ4v) is 2.97. The topological polar surface area (TPSA) is 83.9 Å². The minimum atomic E-state index is -3.14. The van der Waals surface area contributed by atoms with Crippen molar-refractivity contribution in [2.75, 3.05) is 32.0 Å². The first-order chi connectivity index (χ1) is 8.62. The van der Waals surface area contributed by atoms with E-state index in [2.05, 4.69) is 0 Å². The van der Waals surface area contributed by atoms with E-state index in [4.69, 9.17) is 9.84 Å². The molecule has 0 spiro atoms. The van der Waals surface area contributed by atoms with Crippen LogP contribution in [-0.2, 0) is 19.4 Å². The number of carbonyl (C=O) groups is 1. The summed E-state index contributed by atoms with van der Waals surface area (Å²) in [5.41, 5.74) is 0. The van der Waals surface area contributed by atoms with Gasteiger partial charge >= 0.3 is 5.97 Å². The Kier molecular flexibility index (Phi) is 5.34. The van der Waals surface area contributed by atoms with E-state index in [1.807, 2.05) is 4.90 Å². The monoisotopic (exact) mass is 293 g/mol. The lowest BCUT2D eigenvalue weighted by Crippen LogP contribution is -2.46. The second-order valence-corrected chi connectivity index (χ2v) is 8.69. The van der Waals surface area contributed by atoms with Gasteiger partial charge in [0.05, 0.1) is 29.6 Å². The highest BCUT2D eigenvalue weighted by Gasteiger charge is 2.30. The molecule has 0 aromatic rings. The van der Waals surface area contributed by atoms with E-state index in [9.17, 15) is 13.2 Å². The Bertz CT molecular complexity index is 412. The van der Waals surface area contributed by atoms with Crippen molar-refractivity contribution in [3.63, 3.8) is 0 Å². The van der Waals surface area contributed by atoms with E-state index >= 15 is 0 Å². The zero-order chi connectivity index (χ0) is 14.7. The molecule has 0 bridgehead atoms. The summed E-state index contributed by atoms with van der Waals surface area (Å²) in [5, 5.41) is 8.72. The van der Waals surface area contributed by atoms with Crippen LogP contribution in [0.1, 0.15) is 27.2 Å². The predicted octanol–water partition coefficient (Wildman–Crippen LogP) is 0.375. The Morgan fingerprint density at radius 2 is 2.05 bits per heavy atom. The number of hydrogen-bond donors (Lipinski definition) is 1. The van der Waals surface area contributed by atoms with Gasteiger partial charge in [-0.1, -0.05) is 0 Å². The summed E-state index contributed by atoms with van der Waals surface area (Å²) >= 11 is 0. The molecule has 0 aromatic heterocycles. The molecule has 1 atom stereocenters. The molecule has 6 nitrogen and oxygen atoms in total. The van der Waals surface area contributed by atoms with Gasteiger partial charge < -0.3 is 9.84 Å². The van der Waals surface area contributed by atoms with E-state index in [1.54, 1.807) is 20.8 Å². The smallest absolute Gasteiger partial charge is 0.306 e. The van der Waals surface area contributed by atoms with Crippen molar-refractivity contribution >= 4 is 15.8 Å². The summed E-state index contributed by atoms with van der Waals surface area (Å²) in [6.07, 6.45) is -0.383. The number of rotatable bonds is 5. The lowest BCUT2D eigenvalue weighted by atomic mass is 10.2. The summed E-state index contributed by atoms with van der Waals surface area (Å²) in [4.78, 5) is 12.6. The van der Waals surface area contributed by atoms with Gasteiger partial charge in [-0.2, -0.15) is 0 Å². The highest BCUT2D eigenvalue weighted by atomic mass is 32.2. The summed E-state index contributed by atoms with van der Waals surface area (Å²) in [6, 6.07) is 0. The number of carboxylic acid groups (broad SMARTS) is 1. The Hall–Kier alpha value is -0.660. The third-order valence-electron chi connectivity index (χ3n) is 3.23. The van der Waals surface area contributed by atoms with Crippen LogP contribution in [0.3, 0.4) is 0 Å². The molecule has 1 N–H and O–H groups in total. The van der Waals surface area contributed by atoms with Crippen LogP contribution >= 0.6 is 0 Å². The zero-order valence-electron chi connectivity index (χ0n) is 11.8. The Balaban J connectivity index is 2.48. The van der Waals surface area contributed by atoms with Gasteiger partial charge in [-0.3, -0.25) is 9.69 Å². The van der Waals surface area contributed by atoms with Crippen LogP contribution in [-0.4, -0.2) is 67.2 Å². The minimum absolute atomic E-state index is 0.0392. The molecule has 1 fully saturated rings. The van der Waals surface area contributed by atoms with Crippen LogP contribution in [0.5, 0.6) is 0 Å².